The lowest BCUT2D eigenvalue weighted by atomic mass is 9.78. The lowest BCUT2D eigenvalue weighted by molar-refractivity contribution is -0.139. The molecule has 1 fully saturated rings. The normalized spacial score (nSPS) is 18.1. The summed E-state index contributed by atoms with van der Waals surface area (Å²) in [6, 6.07) is 18.7. The second-order valence-corrected chi connectivity index (χ2v) is 9.29. The van der Waals surface area contributed by atoms with Crippen LogP contribution in [0, 0.1) is 5.92 Å². The van der Waals surface area contributed by atoms with Crippen LogP contribution >= 0.6 is 11.6 Å². The Balaban J connectivity index is 1.79. The number of piperidine rings is 1. The minimum atomic E-state index is -0.1000. The summed E-state index contributed by atoms with van der Waals surface area (Å²) >= 11 is 6.26. The van der Waals surface area contributed by atoms with Crippen LogP contribution in [-0.4, -0.2) is 56.5 Å². The van der Waals surface area contributed by atoms with Crippen LogP contribution in [0.15, 0.2) is 54.6 Å². The Bertz CT molecular complexity index is 847. The number of likely N-dealkylation sites (tertiary alicyclic amines) is 1. The second kappa shape index (κ2) is 10.6. The number of halogens is 1. The smallest absolute Gasteiger partial charge is 0.227 e. The number of rotatable bonds is 8. The average molecular weight is 442 g/mol. The van der Waals surface area contributed by atoms with E-state index in [1.807, 2.05) is 25.2 Å². The van der Waals surface area contributed by atoms with Gasteiger partial charge in [-0.05, 0) is 69.6 Å². The third-order valence-corrected chi connectivity index (χ3v) is 7.25. The molecular formula is C26H36ClN3O. The summed E-state index contributed by atoms with van der Waals surface area (Å²) in [5.74, 6) is 0.298. The highest BCUT2D eigenvalue weighted by atomic mass is 35.5. The highest BCUT2D eigenvalue weighted by molar-refractivity contribution is 6.30. The number of benzene rings is 2. The lowest BCUT2D eigenvalue weighted by Gasteiger charge is -2.47. The molecule has 0 saturated carbocycles. The molecular weight excluding hydrogens is 406 g/mol. The Hall–Kier alpha value is -1.88. The highest BCUT2D eigenvalue weighted by Gasteiger charge is 2.41. The van der Waals surface area contributed by atoms with Crippen LogP contribution < -0.4 is 5.32 Å². The van der Waals surface area contributed by atoms with E-state index in [9.17, 15) is 4.79 Å². The van der Waals surface area contributed by atoms with E-state index in [-0.39, 0.29) is 23.3 Å². The molecule has 2 atom stereocenters. The SMILES string of the molecule is CC[C@@H](c1cccc(Cl)c1)[C@@H](CNC)C(=O)N1CCC(c2ccccc2)(N(C)C)CC1. The van der Waals surface area contributed by atoms with Gasteiger partial charge in [0, 0.05) is 30.2 Å². The van der Waals surface area contributed by atoms with Gasteiger partial charge in [-0.1, -0.05) is 61.0 Å². The van der Waals surface area contributed by atoms with Crippen molar-refractivity contribution in [2.75, 3.05) is 40.8 Å². The summed E-state index contributed by atoms with van der Waals surface area (Å²) in [5, 5.41) is 3.98. The van der Waals surface area contributed by atoms with E-state index in [1.165, 1.54) is 5.56 Å². The Labute approximate surface area is 192 Å². The number of nitrogens with zero attached hydrogens (tertiary/aromatic N) is 2. The number of carbonyl (C=O) groups excluding carboxylic acids is 1. The summed E-state index contributed by atoms with van der Waals surface area (Å²) in [6.45, 7) is 4.37. The van der Waals surface area contributed by atoms with Crippen molar-refractivity contribution in [1.82, 2.24) is 15.1 Å². The van der Waals surface area contributed by atoms with Crippen LogP contribution in [0.3, 0.4) is 0 Å². The van der Waals surface area contributed by atoms with Crippen LogP contribution in [0.1, 0.15) is 43.2 Å². The van der Waals surface area contributed by atoms with E-state index >= 15 is 0 Å². The largest absolute Gasteiger partial charge is 0.342 e. The van der Waals surface area contributed by atoms with Crippen LogP contribution in [0.5, 0.6) is 0 Å². The second-order valence-electron chi connectivity index (χ2n) is 8.85. The molecule has 0 bridgehead atoms. The average Bonchev–Trinajstić information content (AvgIpc) is 2.79. The summed E-state index contributed by atoms with van der Waals surface area (Å²) < 4.78 is 0. The fraction of sp³-hybridized carbons (Fsp3) is 0.500. The number of nitrogens with one attached hydrogen (secondary N) is 1. The van der Waals surface area contributed by atoms with Crippen LogP contribution in [0.2, 0.25) is 5.02 Å². The molecule has 0 unspecified atom stereocenters. The first-order valence-corrected chi connectivity index (χ1v) is 11.7. The van der Waals surface area contributed by atoms with Crippen molar-refractivity contribution in [1.29, 1.82) is 0 Å². The molecule has 2 aromatic rings. The molecule has 1 heterocycles. The molecule has 0 spiro atoms. The van der Waals surface area contributed by atoms with Gasteiger partial charge in [0.15, 0.2) is 0 Å². The Kier molecular flexibility index (Phi) is 8.15. The Morgan fingerprint density at radius 3 is 2.35 bits per heavy atom. The number of amides is 1. The van der Waals surface area contributed by atoms with Gasteiger partial charge < -0.3 is 10.2 Å². The van der Waals surface area contributed by atoms with Gasteiger partial charge in [-0.3, -0.25) is 9.69 Å². The van der Waals surface area contributed by atoms with Crippen molar-refractivity contribution in [3.63, 3.8) is 0 Å². The van der Waals surface area contributed by atoms with Gasteiger partial charge in [0.1, 0.15) is 0 Å². The molecule has 168 valence electrons. The first-order valence-electron chi connectivity index (χ1n) is 11.3. The molecule has 31 heavy (non-hydrogen) atoms. The Morgan fingerprint density at radius 1 is 1.13 bits per heavy atom. The molecule has 0 radical (unpaired) electrons. The minimum Gasteiger partial charge on any atom is -0.342 e. The van der Waals surface area contributed by atoms with E-state index in [2.05, 4.69) is 72.5 Å². The zero-order chi connectivity index (χ0) is 22.4. The molecule has 1 amide bonds. The molecule has 0 aliphatic carbocycles. The third-order valence-electron chi connectivity index (χ3n) is 7.01. The third kappa shape index (κ3) is 5.14. The van der Waals surface area contributed by atoms with Crippen LogP contribution in [0.4, 0.5) is 0 Å². The van der Waals surface area contributed by atoms with Crippen molar-refractivity contribution >= 4 is 17.5 Å². The van der Waals surface area contributed by atoms with Crippen molar-refractivity contribution in [3.05, 3.63) is 70.7 Å². The molecule has 1 saturated heterocycles. The van der Waals surface area contributed by atoms with Crippen molar-refractivity contribution in [2.24, 2.45) is 5.92 Å². The van der Waals surface area contributed by atoms with Gasteiger partial charge in [-0.25, -0.2) is 0 Å². The maximum absolute atomic E-state index is 13.7. The van der Waals surface area contributed by atoms with Gasteiger partial charge in [-0.2, -0.15) is 0 Å². The van der Waals surface area contributed by atoms with Crippen molar-refractivity contribution in [2.45, 2.75) is 37.6 Å². The fourth-order valence-corrected chi connectivity index (χ4v) is 5.38. The maximum atomic E-state index is 13.7. The maximum Gasteiger partial charge on any atom is 0.227 e. The molecule has 2 aromatic carbocycles. The quantitative estimate of drug-likeness (QED) is 0.642. The number of hydrogen-bond acceptors (Lipinski definition) is 3. The topological polar surface area (TPSA) is 35.6 Å². The van der Waals surface area contributed by atoms with E-state index in [0.717, 1.165) is 42.9 Å². The molecule has 5 heteroatoms. The van der Waals surface area contributed by atoms with E-state index in [0.29, 0.717) is 6.54 Å². The van der Waals surface area contributed by atoms with Gasteiger partial charge in [0.25, 0.3) is 0 Å². The van der Waals surface area contributed by atoms with Crippen LogP contribution in [0.25, 0.3) is 0 Å². The number of hydrogen-bond donors (Lipinski definition) is 1. The van der Waals surface area contributed by atoms with Gasteiger partial charge >= 0.3 is 0 Å². The van der Waals surface area contributed by atoms with Crippen molar-refractivity contribution < 1.29 is 4.79 Å². The predicted octanol–water partition coefficient (Wildman–Crippen LogP) is 4.75. The van der Waals surface area contributed by atoms with Crippen molar-refractivity contribution in [3.8, 4) is 0 Å². The predicted molar refractivity (Wildman–Crippen MR) is 130 cm³/mol. The molecule has 1 aliphatic rings. The summed E-state index contributed by atoms with van der Waals surface area (Å²) in [4.78, 5) is 18.1. The zero-order valence-electron chi connectivity index (χ0n) is 19.3. The Morgan fingerprint density at radius 2 is 1.81 bits per heavy atom. The van der Waals surface area contributed by atoms with Crippen LogP contribution in [-0.2, 0) is 10.3 Å². The molecule has 0 aromatic heterocycles. The van der Waals surface area contributed by atoms with Gasteiger partial charge in [-0.15, -0.1) is 0 Å². The van der Waals surface area contributed by atoms with E-state index in [4.69, 9.17) is 11.6 Å². The lowest BCUT2D eigenvalue weighted by Crippen LogP contribution is -2.53. The summed E-state index contributed by atoms with van der Waals surface area (Å²) in [5.41, 5.74) is 2.46. The number of carbonyl (C=O) groups is 1. The first-order chi connectivity index (χ1) is 14.9. The zero-order valence-corrected chi connectivity index (χ0v) is 20.0. The van der Waals surface area contributed by atoms with Gasteiger partial charge in [0.2, 0.25) is 5.91 Å². The highest BCUT2D eigenvalue weighted by Crippen LogP contribution is 2.38. The van der Waals surface area contributed by atoms with Gasteiger partial charge in [0.05, 0.1) is 5.92 Å². The monoisotopic (exact) mass is 441 g/mol. The molecule has 4 nitrogen and oxygen atoms in total. The first kappa shape index (κ1) is 23.8. The standard InChI is InChI=1S/C26H36ClN3O/c1-5-23(20-10-9-13-22(27)18-20)24(19-28-2)25(31)30-16-14-26(15-17-30,29(3)4)21-11-7-6-8-12-21/h6-13,18,23-24,28H,5,14-17,19H2,1-4H3/t23-,24+/m0/s1. The van der Waals surface area contributed by atoms with E-state index < -0.39 is 0 Å². The molecule has 1 aliphatic heterocycles. The summed E-state index contributed by atoms with van der Waals surface area (Å²) in [6.07, 6.45) is 2.78. The fourth-order valence-electron chi connectivity index (χ4n) is 5.19. The minimum absolute atomic E-state index is 0.0202. The summed E-state index contributed by atoms with van der Waals surface area (Å²) in [7, 11) is 6.23. The van der Waals surface area contributed by atoms with E-state index in [1.54, 1.807) is 0 Å². The molecule has 3 rings (SSSR count). The molecule has 1 N–H and O–H groups in total.